The number of hydrogen-bond acceptors (Lipinski definition) is 4. The number of nitrogens with zero attached hydrogens (tertiary/aromatic N) is 1. The number of benzene rings is 1. The van der Waals surface area contributed by atoms with Crippen LogP contribution in [0.4, 0.5) is 5.13 Å². The minimum atomic E-state index is -0.0573. The highest BCUT2D eigenvalue weighted by Crippen LogP contribution is 2.22. The first-order valence-corrected chi connectivity index (χ1v) is 9.38. The van der Waals surface area contributed by atoms with E-state index >= 15 is 0 Å². The molecule has 1 N–H and O–H groups in total. The zero-order valence-electron chi connectivity index (χ0n) is 13.9. The molecule has 4 nitrogen and oxygen atoms in total. The van der Waals surface area contributed by atoms with Gasteiger partial charge in [0.15, 0.2) is 5.13 Å². The molecule has 0 aliphatic carbocycles. The number of carbonyl (C=O) groups is 1. The van der Waals surface area contributed by atoms with Crippen LogP contribution in [-0.2, 0) is 24.1 Å². The van der Waals surface area contributed by atoms with E-state index in [1.165, 1.54) is 11.3 Å². The molecule has 1 aromatic carbocycles. The third-order valence-corrected chi connectivity index (χ3v) is 4.88. The summed E-state index contributed by atoms with van der Waals surface area (Å²) in [5.41, 5.74) is 1.12. The molecule has 0 fully saturated rings. The Hall–Kier alpha value is -2.11. The van der Waals surface area contributed by atoms with E-state index < -0.39 is 0 Å². The molecule has 0 aliphatic heterocycles. The lowest BCUT2D eigenvalue weighted by molar-refractivity contribution is -0.116. The van der Waals surface area contributed by atoms with Crippen molar-refractivity contribution >= 4 is 34.0 Å². The van der Waals surface area contributed by atoms with Crippen LogP contribution in [0.15, 0.2) is 47.0 Å². The molecule has 3 aromatic rings. The summed E-state index contributed by atoms with van der Waals surface area (Å²) in [6.07, 6.45) is 4.37. The fraction of sp³-hybridized carbons (Fsp3) is 0.263. The molecule has 0 spiro atoms. The summed E-state index contributed by atoms with van der Waals surface area (Å²) in [5.74, 6) is 1.73. The molecule has 0 radical (unpaired) electrons. The fourth-order valence-corrected chi connectivity index (χ4v) is 3.54. The van der Waals surface area contributed by atoms with Gasteiger partial charge in [-0.1, -0.05) is 30.7 Å². The second-order valence-electron chi connectivity index (χ2n) is 5.71. The Kier molecular flexibility index (Phi) is 5.89. The van der Waals surface area contributed by atoms with Crippen molar-refractivity contribution in [3.8, 4) is 0 Å². The Bertz CT molecular complexity index is 856. The molecule has 6 heteroatoms. The van der Waals surface area contributed by atoms with Crippen LogP contribution in [0.2, 0.25) is 5.02 Å². The predicted octanol–water partition coefficient (Wildman–Crippen LogP) is 5.11. The summed E-state index contributed by atoms with van der Waals surface area (Å²) in [7, 11) is 0. The van der Waals surface area contributed by atoms with Gasteiger partial charge >= 0.3 is 0 Å². The first-order chi connectivity index (χ1) is 12.1. The largest absolute Gasteiger partial charge is 0.466 e. The minimum Gasteiger partial charge on any atom is -0.466 e. The van der Waals surface area contributed by atoms with Gasteiger partial charge in [-0.3, -0.25) is 4.79 Å². The molecule has 2 heterocycles. The van der Waals surface area contributed by atoms with Gasteiger partial charge in [-0.05, 0) is 29.8 Å². The SMILES string of the molecule is CCc1ccc(CCC(=O)Nc2ncc(Cc3cccc(Cl)c3)s2)o1. The maximum Gasteiger partial charge on any atom is 0.226 e. The summed E-state index contributed by atoms with van der Waals surface area (Å²) < 4.78 is 5.61. The van der Waals surface area contributed by atoms with Gasteiger partial charge in [-0.2, -0.15) is 0 Å². The van der Waals surface area contributed by atoms with Crippen molar-refractivity contribution in [1.29, 1.82) is 0 Å². The van der Waals surface area contributed by atoms with Crippen LogP contribution in [0.1, 0.15) is 35.3 Å². The number of furan rings is 1. The number of aryl methyl sites for hydroxylation is 2. The van der Waals surface area contributed by atoms with Crippen LogP contribution in [0.3, 0.4) is 0 Å². The normalized spacial score (nSPS) is 10.8. The lowest BCUT2D eigenvalue weighted by Gasteiger charge is -2.00. The molecule has 0 saturated carbocycles. The van der Waals surface area contributed by atoms with Crippen LogP contribution in [0, 0.1) is 0 Å². The van der Waals surface area contributed by atoms with E-state index in [0.29, 0.717) is 18.0 Å². The lowest BCUT2D eigenvalue weighted by atomic mass is 10.1. The zero-order chi connectivity index (χ0) is 17.6. The number of thiazole rings is 1. The van der Waals surface area contributed by atoms with Gasteiger partial charge in [0.1, 0.15) is 11.5 Å². The Morgan fingerprint density at radius 2 is 2.12 bits per heavy atom. The van der Waals surface area contributed by atoms with Crippen LogP contribution < -0.4 is 5.32 Å². The summed E-state index contributed by atoms with van der Waals surface area (Å²) in [6.45, 7) is 2.04. The van der Waals surface area contributed by atoms with E-state index in [9.17, 15) is 4.79 Å². The standard InChI is InChI=1S/C19H19ClN2O2S/c1-2-15-6-7-16(24-15)8-9-18(23)22-19-21-12-17(25-19)11-13-4-3-5-14(20)10-13/h3-7,10,12H,2,8-9,11H2,1H3,(H,21,22,23). The maximum atomic E-state index is 12.1. The highest BCUT2D eigenvalue weighted by molar-refractivity contribution is 7.15. The first kappa shape index (κ1) is 17.7. The third kappa shape index (κ3) is 5.18. The van der Waals surface area contributed by atoms with Crippen LogP contribution in [0.5, 0.6) is 0 Å². The van der Waals surface area contributed by atoms with Gasteiger partial charge in [0.05, 0.1) is 0 Å². The Balaban J connectivity index is 1.51. The Morgan fingerprint density at radius 1 is 1.28 bits per heavy atom. The van der Waals surface area contributed by atoms with Crippen molar-refractivity contribution < 1.29 is 9.21 Å². The van der Waals surface area contributed by atoms with Crippen LogP contribution >= 0.6 is 22.9 Å². The average molecular weight is 375 g/mol. The lowest BCUT2D eigenvalue weighted by Crippen LogP contribution is -2.11. The van der Waals surface area contributed by atoms with E-state index in [0.717, 1.165) is 39.8 Å². The number of halogens is 1. The highest BCUT2D eigenvalue weighted by atomic mass is 35.5. The molecule has 25 heavy (non-hydrogen) atoms. The summed E-state index contributed by atoms with van der Waals surface area (Å²) in [6, 6.07) is 11.6. The van der Waals surface area contributed by atoms with Crippen molar-refractivity contribution in [3.05, 3.63) is 69.6 Å². The molecule has 2 aromatic heterocycles. The highest BCUT2D eigenvalue weighted by Gasteiger charge is 2.09. The summed E-state index contributed by atoms with van der Waals surface area (Å²) in [5, 5.41) is 4.19. The molecular weight excluding hydrogens is 356 g/mol. The van der Waals surface area contributed by atoms with Crippen LogP contribution in [0.25, 0.3) is 0 Å². The number of anilines is 1. The maximum absolute atomic E-state index is 12.1. The third-order valence-electron chi connectivity index (χ3n) is 3.73. The number of rotatable bonds is 7. The number of aromatic nitrogens is 1. The summed E-state index contributed by atoms with van der Waals surface area (Å²) >= 11 is 7.49. The van der Waals surface area contributed by atoms with E-state index in [2.05, 4.69) is 10.3 Å². The van der Waals surface area contributed by atoms with Crippen molar-refractivity contribution in [2.45, 2.75) is 32.6 Å². The second kappa shape index (κ2) is 8.32. The van der Waals surface area contributed by atoms with Crippen molar-refractivity contribution in [2.75, 3.05) is 5.32 Å². The van der Waals surface area contributed by atoms with Gasteiger partial charge < -0.3 is 9.73 Å². The molecule has 3 rings (SSSR count). The van der Waals surface area contributed by atoms with E-state index in [1.54, 1.807) is 6.20 Å². The molecular formula is C19H19ClN2O2S. The van der Waals surface area contributed by atoms with Crippen molar-refractivity contribution in [2.24, 2.45) is 0 Å². The number of hydrogen-bond donors (Lipinski definition) is 1. The van der Waals surface area contributed by atoms with Crippen LogP contribution in [-0.4, -0.2) is 10.9 Å². The van der Waals surface area contributed by atoms with Crippen molar-refractivity contribution in [3.63, 3.8) is 0 Å². The van der Waals surface area contributed by atoms with Gasteiger partial charge in [0.25, 0.3) is 0 Å². The van der Waals surface area contributed by atoms with Crippen molar-refractivity contribution in [1.82, 2.24) is 4.98 Å². The van der Waals surface area contributed by atoms with E-state index in [1.807, 2.05) is 43.3 Å². The average Bonchev–Trinajstić information content (AvgIpc) is 3.22. The molecule has 130 valence electrons. The summed E-state index contributed by atoms with van der Waals surface area (Å²) in [4.78, 5) is 17.4. The Labute approximate surface area is 155 Å². The Morgan fingerprint density at radius 3 is 2.88 bits per heavy atom. The molecule has 0 unspecified atom stereocenters. The second-order valence-corrected chi connectivity index (χ2v) is 7.26. The molecule has 0 bridgehead atoms. The smallest absolute Gasteiger partial charge is 0.226 e. The topological polar surface area (TPSA) is 55.1 Å². The molecule has 0 saturated heterocycles. The van der Waals surface area contributed by atoms with E-state index in [-0.39, 0.29) is 5.91 Å². The number of nitrogens with one attached hydrogen (secondary N) is 1. The van der Waals surface area contributed by atoms with Gasteiger partial charge in [0, 0.05) is 41.8 Å². The predicted molar refractivity (Wildman–Crippen MR) is 101 cm³/mol. The fourth-order valence-electron chi connectivity index (χ4n) is 2.46. The monoisotopic (exact) mass is 374 g/mol. The van der Waals surface area contributed by atoms with Gasteiger partial charge in [0.2, 0.25) is 5.91 Å². The zero-order valence-corrected chi connectivity index (χ0v) is 15.5. The van der Waals surface area contributed by atoms with Gasteiger partial charge in [-0.25, -0.2) is 4.98 Å². The number of amides is 1. The minimum absolute atomic E-state index is 0.0573. The number of carbonyl (C=O) groups excluding carboxylic acids is 1. The molecule has 1 amide bonds. The molecule has 0 aliphatic rings. The first-order valence-electron chi connectivity index (χ1n) is 8.19. The van der Waals surface area contributed by atoms with E-state index in [4.69, 9.17) is 16.0 Å². The van der Waals surface area contributed by atoms with Gasteiger partial charge in [-0.15, -0.1) is 11.3 Å². The molecule has 0 atom stereocenters. The quantitative estimate of drug-likeness (QED) is 0.624.